The van der Waals surface area contributed by atoms with Crippen LogP contribution in [0.5, 0.6) is 0 Å². The fourth-order valence-corrected chi connectivity index (χ4v) is 5.13. The topological polar surface area (TPSA) is 65.1 Å². The third kappa shape index (κ3) is 3.79. The summed E-state index contributed by atoms with van der Waals surface area (Å²) in [5.41, 5.74) is 0.0868. The van der Waals surface area contributed by atoms with Crippen molar-refractivity contribution < 1.29 is 0 Å². The van der Waals surface area contributed by atoms with E-state index in [-0.39, 0.29) is 22.5 Å². The fraction of sp³-hybridized carbons (Fsp3) is 0.571. The zero-order valence-electron chi connectivity index (χ0n) is 17.5. The highest BCUT2D eigenvalue weighted by Gasteiger charge is 2.28. The number of aryl methyl sites for hydroxylation is 1. The van der Waals surface area contributed by atoms with Crippen LogP contribution in [-0.4, -0.2) is 42.1 Å². The third-order valence-corrected chi connectivity index (χ3v) is 7.06. The first-order chi connectivity index (χ1) is 14.3. The van der Waals surface area contributed by atoms with Gasteiger partial charge in [0.2, 0.25) is 0 Å². The molecule has 0 unspecified atom stereocenters. The molecule has 0 saturated carbocycles. The molecule has 2 aromatic rings. The summed E-state index contributed by atoms with van der Waals surface area (Å²) in [5.74, 6) is 1.22. The van der Waals surface area contributed by atoms with Crippen LogP contribution in [0.1, 0.15) is 25.6 Å². The lowest BCUT2D eigenvalue weighted by molar-refractivity contribution is 0.171. The van der Waals surface area contributed by atoms with E-state index in [0.717, 1.165) is 29.9 Å². The minimum absolute atomic E-state index is 0.170. The van der Waals surface area contributed by atoms with Crippen LogP contribution in [0.4, 0.5) is 0 Å². The van der Waals surface area contributed by atoms with E-state index in [0.29, 0.717) is 35.2 Å². The largest absolute Gasteiger partial charge is 0.332 e. The van der Waals surface area contributed by atoms with Gasteiger partial charge >= 0.3 is 5.69 Å². The van der Waals surface area contributed by atoms with Gasteiger partial charge in [-0.3, -0.25) is 18.8 Å². The van der Waals surface area contributed by atoms with Crippen molar-refractivity contribution in [2.45, 2.75) is 38.2 Å². The van der Waals surface area contributed by atoms with Crippen molar-refractivity contribution in [2.24, 2.45) is 25.9 Å². The highest BCUT2D eigenvalue weighted by molar-refractivity contribution is 6.31. The van der Waals surface area contributed by atoms with Crippen molar-refractivity contribution in [3.8, 4) is 0 Å². The Labute approximate surface area is 185 Å². The molecule has 30 heavy (non-hydrogen) atoms. The molecule has 0 radical (unpaired) electrons. The molecule has 0 aromatic carbocycles. The van der Waals surface area contributed by atoms with Crippen LogP contribution in [0.15, 0.2) is 32.8 Å². The first kappa shape index (κ1) is 21.4. The minimum atomic E-state index is -0.385. The molecule has 1 fully saturated rings. The summed E-state index contributed by atoms with van der Waals surface area (Å²) >= 11 is 13.0. The summed E-state index contributed by atoms with van der Waals surface area (Å²) < 4.78 is 4.49. The maximum Gasteiger partial charge on any atom is 0.332 e. The molecule has 3 atom stereocenters. The van der Waals surface area contributed by atoms with Gasteiger partial charge in [0.25, 0.3) is 5.56 Å². The maximum absolute atomic E-state index is 13.1. The van der Waals surface area contributed by atoms with Crippen molar-refractivity contribution in [3.05, 3.63) is 49.9 Å². The SMILES string of the molecule is C[C@H]1CCCN(Cc2nc3c(c(=O)n(C)c(=O)n3C)n2C[C@H]2C(Cl)=CC=C[C@H]2Cl)C1. The number of hydrogen-bond acceptors (Lipinski definition) is 4. The van der Waals surface area contributed by atoms with Gasteiger partial charge in [0, 0.05) is 38.1 Å². The predicted molar refractivity (Wildman–Crippen MR) is 120 cm³/mol. The van der Waals surface area contributed by atoms with E-state index in [9.17, 15) is 9.59 Å². The van der Waals surface area contributed by atoms with E-state index >= 15 is 0 Å². The number of hydrogen-bond donors (Lipinski definition) is 0. The van der Waals surface area contributed by atoms with E-state index < -0.39 is 0 Å². The predicted octanol–water partition coefficient (Wildman–Crippen LogP) is 2.58. The molecule has 0 bridgehead atoms. The Kier molecular flexibility index (Phi) is 5.97. The quantitative estimate of drug-likeness (QED) is 0.669. The normalized spacial score (nSPS) is 25.1. The number of piperidine rings is 1. The van der Waals surface area contributed by atoms with E-state index in [4.69, 9.17) is 28.2 Å². The molecule has 2 aromatic heterocycles. The van der Waals surface area contributed by atoms with Crippen LogP contribution in [0.3, 0.4) is 0 Å². The van der Waals surface area contributed by atoms with Crippen molar-refractivity contribution in [3.63, 3.8) is 0 Å². The van der Waals surface area contributed by atoms with Crippen LogP contribution in [-0.2, 0) is 27.2 Å². The Morgan fingerprint density at radius 2 is 2.00 bits per heavy atom. The van der Waals surface area contributed by atoms with Crippen LogP contribution in [0.2, 0.25) is 0 Å². The summed E-state index contributed by atoms with van der Waals surface area (Å²) in [5, 5.41) is 0.373. The Hall–Kier alpha value is -1.83. The van der Waals surface area contributed by atoms with Gasteiger partial charge in [-0.05, 0) is 31.4 Å². The molecule has 4 rings (SSSR count). The number of halogens is 2. The lowest BCUT2D eigenvalue weighted by Crippen LogP contribution is -2.38. The smallest absolute Gasteiger partial charge is 0.320 e. The summed E-state index contributed by atoms with van der Waals surface area (Å²) in [6.07, 6.45) is 7.96. The number of nitrogens with zero attached hydrogens (tertiary/aromatic N) is 5. The maximum atomic E-state index is 13.1. The van der Waals surface area contributed by atoms with Gasteiger partial charge < -0.3 is 4.57 Å². The van der Waals surface area contributed by atoms with E-state index in [1.165, 1.54) is 18.0 Å². The molecule has 0 spiro atoms. The van der Waals surface area contributed by atoms with Gasteiger partial charge in [0.05, 0.1) is 11.9 Å². The molecule has 9 heteroatoms. The standard InChI is InChI=1S/C21H27Cl2N5O2/c1-13-6-5-9-27(10-13)12-17-24-19-18(20(29)26(3)21(30)25(19)2)28(17)11-14-15(22)7-4-8-16(14)23/h4,7-8,13-15H,5-6,9-12H2,1-3H3/t13-,14+,15+/m0/s1. The molecular weight excluding hydrogens is 425 g/mol. The molecule has 0 amide bonds. The summed E-state index contributed by atoms with van der Waals surface area (Å²) in [6, 6.07) is 0. The second-order valence-electron chi connectivity index (χ2n) is 8.49. The molecule has 1 aliphatic heterocycles. The van der Waals surface area contributed by atoms with Gasteiger partial charge in [-0.25, -0.2) is 9.78 Å². The van der Waals surface area contributed by atoms with E-state index in [1.54, 1.807) is 7.05 Å². The van der Waals surface area contributed by atoms with Crippen LogP contribution in [0.25, 0.3) is 11.2 Å². The highest BCUT2D eigenvalue weighted by atomic mass is 35.5. The van der Waals surface area contributed by atoms with E-state index in [1.807, 2.05) is 22.8 Å². The summed E-state index contributed by atoms with van der Waals surface area (Å²) in [6.45, 7) is 5.29. The molecule has 3 heterocycles. The molecular formula is C21H27Cl2N5O2. The molecule has 1 aliphatic carbocycles. The number of alkyl halides is 1. The molecule has 162 valence electrons. The second kappa shape index (κ2) is 8.36. The van der Waals surface area contributed by atoms with Crippen molar-refractivity contribution in [2.75, 3.05) is 13.1 Å². The number of rotatable bonds is 4. The van der Waals surface area contributed by atoms with Gasteiger partial charge in [0.15, 0.2) is 11.2 Å². The number of aromatic nitrogens is 4. The minimum Gasteiger partial charge on any atom is -0.320 e. The molecule has 0 N–H and O–H groups in total. The first-order valence-electron chi connectivity index (χ1n) is 10.3. The van der Waals surface area contributed by atoms with Gasteiger partial charge in [-0.2, -0.15) is 0 Å². The monoisotopic (exact) mass is 451 g/mol. The Balaban J connectivity index is 1.84. The zero-order chi connectivity index (χ0) is 21.6. The average molecular weight is 452 g/mol. The fourth-order valence-electron chi connectivity index (χ4n) is 4.49. The van der Waals surface area contributed by atoms with Gasteiger partial charge in [-0.1, -0.05) is 30.7 Å². The average Bonchev–Trinajstić information content (AvgIpc) is 3.05. The lowest BCUT2D eigenvalue weighted by Gasteiger charge is -2.31. The van der Waals surface area contributed by atoms with Crippen LogP contribution < -0.4 is 11.2 Å². The van der Waals surface area contributed by atoms with Crippen molar-refractivity contribution in [1.29, 1.82) is 0 Å². The first-order valence-corrected chi connectivity index (χ1v) is 11.1. The summed E-state index contributed by atoms with van der Waals surface area (Å²) in [4.78, 5) is 32.6. The van der Waals surface area contributed by atoms with Gasteiger partial charge in [-0.15, -0.1) is 11.6 Å². The Morgan fingerprint density at radius 3 is 2.70 bits per heavy atom. The molecule has 7 nitrogen and oxygen atoms in total. The lowest BCUT2D eigenvalue weighted by atomic mass is 9.99. The van der Waals surface area contributed by atoms with Crippen LogP contribution in [0, 0.1) is 11.8 Å². The van der Waals surface area contributed by atoms with Gasteiger partial charge in [0.1, 0.15) is 5.82 Å². The number of fused-ring (bicyclic) bond motifs is 1. The Morgan fingerprint density at radius 1 is 1.23 bits per heavy atom. The van der Waals surface area contributed by atoms with Crippen molar-refractivity contribution in [1.82, 2.24) is 23.6 Å². The highest BCUT2D eigenvalue weighted by Crippen LogP contribution is 2.31. The number of likely N-dealkylation sites (tertiary alicyclic amines) is 1. The number of imidazole rings is 1. The Bertz CT molecular complexity index is 1140. The second-order valence-corrected chi connectivity index (χ2v) is 9.43. The van der Waals surface area contributed by atoms with E-state index in [2.05, 4.69) is 11.8 Å². The molecule has 1 saturated heterocycles. The molecule has 2 aliphatic rings. The van der Waals surface area contributed by atoms with Crippen LogP contribution >= 0.6 is 23.2 Å². The number of allylic oxidation sites excluding steroid dienone is 4. The zero-order valence-corrected chi connectivity index (χ0v) is 19.0. The van der Waals surface area contributed by atoms with Crippen molar-refractivity contribution >= 4 is 34.4 Å². The summed E-state index contributed by atoms with van der Waals surface area (Å²) in [7, 11) is 3.14. The third-order valence-electron chi connectivity index (χ3n) is 6.20.